The minimum Gasteiger partial charge on any atom is -0.320 e. The number of amides is 2. The van der Waals surface area contributed by atoms with Gasteiger partial charge in [0.2, 0.25) is 0 Å². The van der Waals surface area contributed by atoms with E-state index in [1.54, 1.807) is 6.92 Å². The van der Waals surface area contributed by atoms with Crippen molar-refractivity contribution < 1.29 is 29.3 Å². The van der Waals surface area contributed by atoms with Gasteiger partial charge >= 0.3 is 0 Å². The second-order valence-corrected chi connectivity index (χ2v) is 7.39. The van der Waals surface area contributed by atoms with Crippen molar-refractivity contribution in [1.29, 1.82) is 0 Å². The molecular formula is C21H14N6O10. The Morgan fingerprint density at radius 2 is 1.03 bits per heavy atom. The van der Waals surface area contributed by atoms with Crippen LogP contribution < -0.4 is 10.6 Å². The third kappa shape index (κ3) is 5.65. The van der Waals surface area contributed by atoms with Crippen molar-refractivity contribution in [3.05, 3.63) is 112 Å². The molecule has 16 nitrogen and oxygen atoms in total. The Morgan fingerprint density at radius 3 is 1.43 bits per heavy atom. The van der Waals surface area contributed by atoms with E-state index in [-0.39, 0.29) is 11.4 Å². The van der Waals surface area contributed by atoms with Crippen LogP contribution in [0, 0.1) is 47.4 Å². The van der Waals surface area contributed by atoms with Gasteiger partial charge in [-0.3, -0.25) is 50.0 Å². The van der Waals surface area contributed by atoms with Crippen LogP contribution in [-0.2, 0) is 0 Å². The van der Waals surface area contributed by atoms with Gasteiger partial charge in [0, 0.05) is 12.1 Å². The van der Waals surface area contributed by atoms with E-state index in [0.717, 1.165) is 24.3 Å². The molecule has 3 rings (SSSR count). The first-order chi connectivity index (χ1) is 17.4. The number of anilines is 2. The molecule has 188 valence electrons. The molecule has 0 saturated carbocycles. The van der Waals surface area contributed by atoms with Gasteiger partial charge in [0.15, 0.2) is 0 Å². The Morgan fingerprint density at radius 1 is 0.595 bits per heavy atom. The van der Waals surface area contributed by atoms with E-state index in [2.05, 4.69) is 10.6 Å². The van der Waals surface area contributed by atoms with Gasteiger partial charge in [-0.15, -0.1) is 0 Å². The SMILES string of the molecule is Cc1ccc(NC(=O)c2ccc([N+](=O)[O-])cc2[N+](=O)[O-])c(NC(=O)c2ccc([N+](=O)[O-])cc2[N+](=O)[O-])c1. The Labute approximate surface area is 205 Å². The van der Waals surface area contributed by atoms with Crippen molar-refractivity contribution in [1.82, 2.24) is 0 Å². The summed E-state index contributed by atoms with van der Waals surface area (Å²) in [6, 6.07) is 9.16. The highest BCUT2D eigenvalue weighted by Gasteiger charge is 2.27. The molecule has 16 heteroatoms. The molecular weight excluding hydrogens is 496 g/mol. The van der Waals surface area contributed by atoms with Gasteiger partial charge in [0.1, 0.15) is 11.1 Å². The molecule has 2 amide bonds. The number of non-ortho nitro benzene ring substituents is 2. The van der Waals surface area contributed by atoms with Crippen LogP contribution >= 0.6 is 0 Å². The van der Waals surface area contributed by atoms with Crippen LogP contribution in [0.25, 0.3) is 0 Å². The topological polar surface area (TPSA) is 231 Å². The van der Waals surface area contributed by atoms with Crippen molar-refractivity contribution >= 4 is 45.9 Å². The number of benzene rings is 3. The summed E-state index contributed by atoms with van der Waals surface area (Å²) in [6.45, 7) is 1.64. The highest BCUT2D eigenvalue weighted by atomic mass is 16.6. The lowest BCUT2D eigenvalue weighted by Gasteiger charge is -2.14. The van der Waals surface area contributed by atoms with Crippen molar-refractivity contribution in [3.63, 3.8) is 0 Å². The fourth-order valence-corrected chi connectivity index (χ4v) is 3.20. The highest BCUT2D eigenvalue weighted by Crippen LogP contribution is 2.30. The number of aryl methyl sites for hydroxylation is 1. The number of hydrogen-bond acceptors (Lipinski definition) is 10. The third-order valence-corrected chi connectivity index (χ3v) is 4.94. The second-order valence-electron chi connectivity index (χ2n) is 7.39. The minimum atomic E-state index is -1.03. The van der Waals surface area contributed by atoms with Gasteiger partial charge in [-0.1, -0.05) is 6.07 Å². The Bertz CT molecular complexity index is 1500. The fraction of sp³-hybridized carbons (Fsp3) is 0.0476. The van der Waals surface area contributed by atoms with E-state index in [1.165, 1.54) is 18.2 Å². The monoisotopic (exact) mass is 510 g/mol. The number of carbonyl (C=O) groups is 2. The first-order valence-electron chi connectivity index (χ1n) is 9.98. The van der Waals surface area contributed by atoms with Gasteiger partial charge < -0.3 is 10.6 Å². The van der Waals surface area contributed by atoms with Crippen LogP contribution in [0.1, 0.15) is 26.3 Å². The zero-order valence-electron chi connectivity index (χ0n) is 18.6. The lowest BCUT2D eigenvalue weighted by molar-refractivity contribution is -0.394. The summed E-state index contributed by atoms with van der Waals surface area (Å²) < 4.78 is 0. The summed E-state index contributed by atoms with van der Waals surface area (Å²) in [7, 11) is 0. The molecule has 0 atom stereocenters. The average Bonchev–Trinajstić information content (AvgIpc) is 2.84. The molecule has 0 spiro atoms. The number of rotatable bonds is 8. The minimum absolute atomic E-state index is 0.0458. The number of nitrogens with zero attached hydrogens (tertiary/aromatic N) is 4. The summed E-state index contributed by atoms with van der Waals surface area (Å²) in [6.07, 6.45) is 0. The Kier molecular flexibility index (Phi) is 7.13. The van der Waals surface area contributed by atoms with Crippen molar-refractivity contribution in [3.8, 4) is 0 Å². The van der Waals surface area contributed by atoms with Crippen LogP contribution in [-0.4, -0.2) is 31.5 Å². The molecule has 37 heavy (non-hydrogen) atoms. The van der Waals surface area contributed by atoms with Crippen LogP contribution in [0.5, 0.6) is 0 Å². The first-order valence-corrected chi connectivity index (χ1v) is 9.98. The van der Waals surface area contributed by atoms with Gasteiger partial charge in [-0.05, 0) is 36.8 Å². The molecule has 0 aliphatic carbocycles. The van der Waals surface area contributed by atoms with E-state index < -0.39 is 65.4 Å². The average molecular weight is 510 g/mol. The Hall–Kier alpha value is -5.80. The molecule has 0 radical (unpaired) electrons. The molecule has 0 unspecified atom stereocenters. The fourth-order valence-electron chi connectivity index (χ4n) is 3.20. The quantitative estimate of drug-likeness (QED) is 0.325. The van der Waals surface area contributed by atoms with Crippen molar-refractivity contribution in [2.45, 2.75) is 6.92 Å². The highest BCUT2D eigenvalue weighted by molar-refractivity contribution is 6.12. The number of nitrogens with one attached hydrogen (secondary N) is 2. The maximum Gasteiger partial charge on any atom is 0.289 e. The van der Waals surface area contributed by atoms with Gasteiger partial charge in [0.05, 0.1) is 43.2 Å². The van der Waals surface area contributed by atoms with E-state index >= 15 is 0 Å². The second kappa shape index (κ2) is 10.2. The summed E-state index contributed by atoms with van der Waals surface area (Å²) in [5, 5.41) is 49.4. The summed E-state index contributed by atoms with van der Waals surface area (Å²) in [5.74, 6) is -2.05. The maximum absolute atomic E-state index is 12.8. The zero-order chi connectivity index (χ0) is 27.4. The molecule has 0 saturated heterocycles. The lowest BCUT2D eigenvalue weighted by atomic mass is 10.1. The van der Waals surface area contributed by atoms with E-state index in [0.29, 0.717) is 17.7 Å². The molecule has 0 aliphatic heterocycles. The molecule has 0 bridgehead atoms. The summed E-state index contributed by atoms with van der Waals surface area (Å²) in [4.78, 5) is 66.6. The predicted molar refractivity (Wildman–Crippen MR) is 127 cm³/mol. The van der Waals surface area contributed by atoms with E-state index in [9.17, 15) is 50.0 Å². The number of carbonyl (C=O) groups excluding carboxylic acids is 2. The maximum atomic E-state index is 12.8. The number of hydrogen-bond donors (Lipinski definition) is 2. The summed E-state index contributed by atoms with van der Waals surface area (Å²) >= 11 is 0. The normalized spacial score (nSPS) is 10.3. The predicted octanol–water partition coefficient (Wildman–Crippen LogP) is 4.13. The molecule has 3 aromatic carbocycles. The zero-order valence-corrected chi connectivity index (χ0v) is 18.6. The third-order valence-electron chi connectivity index (χ3n) is 4.94. The molecule has 0 aliphatic rings. The first kappa shape index (κ1) is 25.8. The number of nitro benzene ring substituents is 4. The molecule has 0 aromatic heterocycles. The van der Waals surface area contributed by atoms with Crippen LogP contribution in [0.4, 0.5) is 34.1 Å². The van der Waals surface area contributed by atoms with Gasteiger partial charge in [-0.25, -0.2) is 0 Å². The smallest absolute Gasteiger partial charge is 0.289 e. The van der Waals surface area contributed by atoms with Crippen LogP contribution in [0.2, 0.25) is 0 Å². The van der Waals surface area contributed by atoms with Gasteiger partial charge in [0.25, 0.3) is 34.6 Å². The largest absolute Gasteiger partial charge is 0.320 e. The van der Waals surface area contributed by atoms with Gasteiger partial charge in [-0.2, -0.15) is 0 Å². The standard InChI is InChI=1S/C21H14N6O10/c1-11-2-7-16(22-20(28)14-5-3-12(24(30)31)9-18(14)26(34)35)17(8-11)23-21(29)15-6-4-13(25(32)33)10-19(15)27(36)37/h2-10H,1H3,(H,22,28)(H,23,29). The Balaban J connectivity index is 1.96. The summed E-state index contributed by atoms with van der Waals surface area (Å²) in [5.41, 5.74) is -3.37. The van der Waals surface area contributed by atoms with Crippen molar-refractivity contribution in [2.75, 3.05) is 10.6 Å². The van der Waals surface area contributed by atoms with Crippen molar-refractivity contribution in [2.24, 2.45) is 0 Å². The van der Waals surface area contributed by atoms with Crippen LogP contribution in [0.3, 0.4) is 0 Å². The molecule has 0 heterocycles. The van der Waals surface area contributed by atoms with E-state index in [1.807, 2.05) is 0 Å². The molecule has 2 N–H and O–H groups in total. The van der Waals surface area contributed by atoms with E-state index in [4.69, 9.17) is 0 Å². The number of nitro groups is 4. The molecule has 3 aromatic rings. The lowest BCUT2D eigenvalue weighted by Crippen LogP contribution is -2.18. The molecule has 0 fully saturated rings. The van der Waals surface area contributed by atoms with Crippen LogP contribution in [0.15, 0.2) is 54.6 Å².